The van der Waals surface area contributed by atoms with Crippen LogP contribution in [0.4, 0.5) is 8.78 Å². The first-order valence-electron chi connectivity index (χ1n) is 6.92. The number of rotatable bonds is 3. The molecule has 0 unspecified atom stereocenters. The van der Waals surface area contributed by atoms with E-state index in [4.69, 9.17) is 11.6 Å². The summed E-state index contributed by atoms with van der Waals surface area (Å²) in [6.07, 6.45) is 4.68. The summed E-state index contributed by atoms with van der Waals surface area (Å²) < 4.78 is 29.2. The smallest absolute Gasteiger partial charge is 0.153 e. The Morgan fingerprint density at radius 2 is 2.00 bits per heavy atom. The Labute approximate surface area is 121 Å². The van der Waals surface area contributed by atoms with Gasteiger partial charge in [0.25, 0.3) is 0 Å². The molecule has 0 atom stereocenters. The largest absolute Gasteiger partial charge is 0.326 e. The Bertz CT molecular complexity index is 645. The van der Waals surface area contributed by atoms with Crippen molar-refractivity contribution >= 4 is 22.6 Å². The Morgan fingerprint density at radius 3 is 2.65 bits per heavy atom. The van der Waals surface area contributed by atoms with E-state index in [1.54, 1.807) is 0 Å². The molecule has 1 aromatic carbocycles. The van der Waals surface area contributed by atoms with Gasteiger partial charge in [-0.15, -0.1) is 11.6 Å². The zero-order valence-electron chi connectivity index (χ0n) is 11.4. The first kappa shape index (κ1) is 13.8. The molecule has 0 aliphatic heterocycles. The number of halogens is 3. The molecule has 0 N–H and O–H groups in total. The van der Waals surface area contributed by atoms with Crippen LogP contribution in [0.25, 0.3) is 11.0 Å². The van der Waals surface area contributed by atoms with Crippen LogP contribution in [0.5, 0.6) is 0 Å². The lowest BCUT2D eigenvalue weighted by atomic mass is 9.89. The van der Waals surface area contributed by atoms with Crippen molar-refractivity contribution in [3.05, 3.63) is 29.6 Å². The summed E-state index contributed by atoms with van der Waals surface area (Å²) in [7, 11) is 0. The molecular formula is C15H17ClF2N2. The molecule has 0 spiro atoms. The lowest BCUT2D eigenvalue weighted by molar-refractivity contribution is 0.282. The van der Waals surface area contributed by atoms with Gasteiger partial charge in [0, 0.05) is 12.6 Å². The molecule has 2 aromatic rings. The molecule has 1 saturated carbocycles. The zero-order valence-corrected chi connectivity index (χ0v) is 12.2. The maximum absolute atomic E-state index is 13.8. The fourth-order valence-electron chi connectivity index (χ4n) is 3.24. The van der Waals surface area contributed by atoms with Gasteiger partial charge in [0.2, 0.25) is 0 Å². The number of imidazole rings is 1. The van der Waals surface area contributed by atoms with Gasteiger partial charge in [-0.1, -0.05) is 19.8 Å². The van der Waals surface area contributed by atoms with Crippen molar-refractivity contribution < 1.29 is 8.78 Å². The van der Waals surface area contributed by atoms with Gasteiger partial charge >= 0.3 is 0 Å². The summed E-state index contributed by atoms with van der Waals surface area (Å²) in [5.41, 5.74) is 0.881. The fourth-order valence-corrected chi connectivity index (χ4v) is 3.45. The average Bonchev–Trinajstić information content (AvgIpc) is 2.95. The first-order chi connectivity index (χ1) is 9.52. The second kappa shape index (κ2) is 4.99. The van der Waals surface area contributed by atoms with E-state index in [9.17, 15) is 8.78 Å². The van der Waals surface area contributed by atoms with Gasteiger partial charge in [-0.05, 0) is 24.3 Å². The third-order valence-electron chi connectivity index (χ3n) is 4.32. The van der Waals surface area contributed by atoms with Gasteiger partial charge in [-0.25, -0.2) is 13.8 Å². The summed E-state index contributed by atoms with van der Waals surface area (Å²) in [4.78, 5) is 4.23. The topological polar surface area (TPSA) is 17.8 Å². The third kappa shape index (κ3) is 2.30. The number of aromatic nitrogens is 2. The summed E-state index contributed by atoms with van der Waals surface area (Å²) in [5, 5.41) is 0. The standard InChI is InChI=1S/C15H17ClF2N2/c1-15(4-2-3-5-15)9-20-12-7-10(17)6-11(18)14(12)19-13(20)8-16/h6-7H,2-5,8-9H2,1H3. The highest BCUT2D eigenvalue weighted by atomic mass is 35.5. The SMILES string of the molecule is CC1(Cn2c(CCl)nc3c(F)cc(F)cc32)CCCC1. The van der Waals surface area contributed by atoms with E-state index in [2.05, 4.69) is 11.9 Å². The van der Waals surface area contributed by atoms with Crippen LogP contribution in [0.2, 0.25) is 0 Å². The van der Waals surface area contributed by atoms with Crippen LogP contribution in [0.1, 0.15) is 38.4 Å². The van der Waals surface area contributed by atoms with E-state index in [1.165, 1.54) is 18.9 Å². The molecule has 0 bridgehead atoms. The molecule has 1 aliphatic carbocycles. The van der Waals surface area contributed by atoms with Crippen LogP contribution in [-0.2, 0) is 12.4 Å². The van der Waals surface area contributed by atoms with E-state index < -0.39 is 11.6 Å². The minimum atomic E-state index is -0.623. The summed E-state index contributed by atoms with van der Waals surface area (Å²) in [6.45, 7) is 2.94. The number of hydrogen-bond acceptors (Lipinski definition) is 1. The lowest BCUT2D eigenvalue weighted by Gasteiger charge is -2.25. The maximum atomic E-state index is 13.8. The fraction of sp³-hybridized carbons (Fsp3) is 0.533. The predicted octanol–water partition coefficient (Wildman–Crippen LogP) is 4.63. The van der Waals surface area contributed by atoms with Gasteiger partial charge in [-0.3, -0.25) is 0 Å². The number of hydrogen-bond donors (Lipinski definition) is 0. The summed E-state index contributed by atoms with van der Waals surface area (Å²) in [6, 6.07) is 2.22. The van der Waals surface area contributed by atoms with E-state index in [0.29, 0.717) is 17.9 Å². The summed E-state index contributed by atoms with van der Waals surface area (Å²) in [5.74, 6) is -0.388. The van der Waals surface area contributed by atoms with E-state index in [-0.39, 0.29) is 16.8 Å². The zero-order chi connectivity index (χ0) is 14.3. The molecule has 108 valence electrons. The molecule has 2 nitrogen and oxygen atoms in total. The van der Waals surface area contributed by atoms with Crippen molar-refractivity contribution in [2.24, 2.45) is 5.41 Å². The molecule has 0 saturated heterocycles. The Balaban J connectivity index is 2.12. The van der Waals surface area contributed by atoms with Gasteiger partial charge in [-0.2, -0.15) is 0 Å². The first-order valence-corrected chi connectivity index (χ1v) is 7.46. The highest BCUT2D eigenvalue weighted by Crippen LogP contribution is 2.40. The van der Waals surface area contributed by atoms with Gasteiger partial charge in [0.15, 0.2) is 5.82 Å². The van der Waals surface area contributed by atoms with Gasteiger partial charge in [0.05, 0.1) is 11.4 Å². The molecule has 3 rings (SSSR count). The maximum Gasteiger partial charge on any atom is 0.153 e. The number of alkyl halides is 1. The molecular weight excluding hydrogens is 282 g/mol. The molecule has 5 heteroatoms. The minimum absolute atomic E-state index is 0.164. The van der Waals surface area contributed by atoms with Crippen LogP contribution in [0.15, 0.2) is 12.1 Å². The lowest BCUT2D eigenvalue weighted by Crippen LogP contribution is -2.20. The second-order valence-electron chi connectivity index (χ2n) is 6.02. The number of fused-ring (bicyclic) bond motifs is 1. The molecule has 1 aromatic heterocycles. The highest BCUT2D eigenvalue weighted by molar-refractivity contribution is 6.16. The molecule has 0 radical (unpaired) electrons. The van der Waals surface area contributed by atoms with Gasteiger partial charge < -0.3 is 4.57 Å². The quantitative estimate of drug-likeness (QED) is 0.755. The molecule has 1 heterocycles. The van der Waals surface area contributed by atoms with Crippen molar-refractivity contribution in [3.8, 4) is 0 Å². The van der Waals surface area contributed by atoms with Crippen molar-refractivity contribution in [1.29, 1.82) is 0 Å². The van der Waals surface area contributed by atoms with Crippen molar-refractivity contribution in [1.82, 2.24) is 9.55 Å². The molecule has 0 amide bonds. The van der Waals surface area contributed by atoms with E-state index >= 15 is 0 Å². The van der Waals surface area contributed by atoms with Crippen LogP contribution in [0.3, 0.4) is 0 Å². The van der Waals surface area contributed by atoms with E-state index in [0.717, 1.165) is 18.9 Å². The third-order valence-corrected chi connectivity index (χ3v) is 4.56. The molecule has 20 heavy (non-hydrogen) atoms. The van der Waals surface area contributed by atoms with Crippen molar-refractivity contribution in [2.45, 2.75) is 45.0 Å². The van der Waals surface area contributed by atoms with Crippen molar-refractivity contribution in [3.63, 3.8) is 0 Å². The van der Waals surface area contributed by atoms with Crippen molar-refractivity contribution in [2.75, 3.05) is 0 Å². The van der Waals surface area contributed by atoms with Crippen LogP contribution >= 0.6 is 11.6 Å². The van der Waals surface area contributed by atoms with E-state index in [1.807, 2.05) is 4.57 Å². The summed E-state index contributed by atoms with van der Waals surface area (Å²) >= 11 is 5.93. The Hall–Kier alpha value is -1.16. The minimum Gasteiger partial charge on any atom is -0.326 e. The second-order valence-corrected chi connectivity index (χ2v) is 6.29. The number of nitrogens with zero attached hydrogens (tertiary/aromatic N) is 2. The number of benzene rings is 1. The predicted molar refractivity (Wildman–Crippen MR) is 75.8 cm³/mol. The Kier molecular flexibility index (Phi) is 3.44. The highest BCUT2D eigenvalue weighted by Gasteiger charge is 2.30. The van der Waals surface area contributed by atoms with Crippen LogP contribution in [-0.4, -0.2) is 9.55 Å². The van der Waals surface area contributed by atoms with Gasteiger partial charge in [0.1, 0.15) is 17.2 Å². The monoisotopic (exact) mass is 298 g/mol. The van der Waals surface area contributed by atoms with Crippen LogP contribution in [0, 0.1) is 17.0 Å². The Morgan fingerprint density at radius 1 is 1.30 bits per heavy atom. The normalized spacial score (nSPS) is 18.0. The molecule has 1 fully saturated rings. The van der Waals surface area contributed by atoms with Crippen LogP contribution < -0.4 is 0 Å². The molecule has 1 aliphatic rings. The average molecular weight is 299 g/mol.